The van der Waals surface area contributed by atoms with Gasteiger partial charge in [0.05, 0.1) is 18.8 Å². The summed E-state index contributed by atoms with van der Waals surface area (Å²) in [6.07, 6.45) is 1.24. The van der Waals surface area contributed by atoms with Crippen LogP contribution in [0.3, 0.4) is 0 Å². The Labute approximate surface area is 67.7 Å². The molecule has 1 atom stereocenters. The molecule has 0 aromatic heterocycles. The molecular weight excluding hydrogens is 140 g/mol. The quantitative estimate of drug-likeness (QED) is 0.520. The predicted octanol–water partition coefficient (Wildman–Crippen LogP) is -0.319. The van der Waals surface area contributed by atoms with E-state index in [2.05, 4.69) is 17.3 Å². The number of ether oxygens (including phenoxy) is 1. The van der Waals surface area contributed by atoms with Crippen LogP contribution in [0.5, 0.6) is 0 Å². The van der Waals surface area contributed by atoms with Crippen LogP contribution in [0, 0.1) is 0 Å². The van der Waals surface area contributed by atoms with Gasteiger partial charge in [0.15, 0.2) is 0 Å². The Morgan fingerprint density at radius 3 is 3.09 bits per heavy atom. The Balaban J connectivity index is 2.07. The first-order chi connectivity index (χ1) is 5.33. The highest BCUT2D eigenvalue weighted by molar-refractivity contribution is 4.98. The van der Waals surface area contributed by atoms with Crippen molar-refractivity contribution < 1.29 is 4.74 Å². The molecule has 2 aliphatic rings. The van der Waals surface area contributed by atoms with E-state index in [0.717, 1.165) is 32.8 Å². The second-order valence-electron chi connectivity index (χ2n) is 3.63. The molecule has 0 unspecified atom stereocenters. The van der Waals surface area contributed by atoms with Crippen molar-refractivity contribution >= 4 is 0 Å². The number of hydrogen-bond acceptors (Lipinski definition) is 3. The summed E-state index contributed by atoms with van der Waals surface area (Å²) < 4.78 is 5.50. The fraction of sp³-hybridized carbons (Fsp3) is 1.00. The molecule has 0 radical (unpaired) electrons. The summed E-state index contributed by atoms with van der Waals surface area (Å²) in [6, 6.07) is 0. The van der Waals surface area contributed by atoms with Crippen molar-refractivity contribution in [2.75, 3.05) is 39.9 Å². The van der Waals surface area contributed by atoms with Gasteiger partial charge in [-0.25, -0.2) is 0 Å². The highest BCUT2D eigenvalue weighted by Gasteiger charge is 2.39. The van der Waals surface area contributed by atoms with Gasteiger partial charge in [-0.15, -0.1) is 0 Å². The third-order valence-electron chi connectivity index (χ3n) is 2.97. The van der Waals surface area contributed by atoms with Crippen molar-refractivity contribution in [2.24, 2.45) is 0 Å². The van der Waals surface area contributed by atoms with Gasteiger partial charge in [-0.3, -0.25) is 4.90 Å². The van der Waals surface area contributed by atoms with Crippen molar-refractivity contribution in [1.82, 2.24) is 10.2 Å². The van der Waals surface area contributed by atoms with Crippen LogP contribution in [-0.2, 0) is 4.74 Å². The first-order valence-corrected chi connectivity index (χ1v) is 4.33. The SMILES string of the molecule is CN1CCOC[C@]12CCNC2. The molecule has 0 bridgehead atoms. The zero-order valence-electron chi connectivity index (χ0n) is 7.10. The van der Waals surface area contributed by atoms with Gasteiger partial charge in [0, 0.05) is 13.1 Å². The second kappa shape index (κ2) is 2.73. The predicted molar refractivity (Wildman–Crippen MR) is 43.7 cm³/mol. The minimum Gasteiger partial charge on any atom is -0.378 e. The lowest BCUT2D eigenvalue weighted by Gasteiger charge is -2.41. The summed E-state index contributed by atoms with van der Waals surface area (Å²) in [5.41, 5.74) is 0.332. The zero-order valence-corrected chi connectivity index (χ0v) is 7.10. The van der Waals surface area contributed by atoms with Crippen LogP contribution in [0.2, 0.25) is 0 Å². The molecule has 0 aromatic carbocycles. The smallest absolute Gasteiger partial charge is 0.0663 e. The molecule has 0 amide bonds. The number of rotatable bonds is 0. The van der Waals surface area contributed by atoms with Crippen LogP contribution < -0.4 is 5.32 Å². The van der Waals surface area contributed by atoms with E-state index in [1.807, 2.05) is 0 Å². The first-order valence-electron chi connectivity index (χ1n) is 4.33. The van der Waals surface area contributed by atoms with E-state index in [0.29, 0.717) is 5.54 Å². The minimum absolute atomic E-state index is 0.332. The maximum atomic E-state index is 5.50. The first kappa shape index (κ1) is 7.53. The summed E-state index contributed by atoms with van der Waals surface area (Å²) >= 11 is 0. The highest BCUT2D eigenvalue weighted by Crippen LogP contribution is 2.24. The number of hydrogen-bond donors (Lipinski definition) is 1. The van der Waals surface area contributed by atoms with E-state index in [1.165, 1.54) is 6.42 Å². The maximum Gasteiger partial charge on any atom is 0.0663 e. The van der Waals surface area contributed by atoms with E-state index in [-0.39, 0.29) is 0 Å². The second-order valence-corrected chi connectivity index (χ2v) is 3.63. The summed E-state index contributed by atoms with van der Waals surface area (Å²) in [5, 5.41) is 3.39. The molecular formula is C8H16N2O. The van der Waals surface area contributed by atoms with Gasteiger partial charge < -0.3 is 10.1 Å². The highest BCUT2D eigenvalue weighted by atomic mass is 16.5. The number of morpholine rings is 1. The van der Waals surface area contributed by atoms with Crippen molar-refractivity contribution in [2.45, 2.75) is 12.0 Å². The van der Waals surface area contributed by atoms with Gasteiger partial charge in [0.2, 0.25) is 0 Å². The van der Waals surface area contributed by atoms with E-state index in [9.17, 15) is 0 Å². The van der Waals surface area contributed by atoms with Crippen molar-refractivity contribution in [3.8, 4) is 0 Å². The Kier molecular flexibility index (Phi) is 1.87. The standard InChI is InChI=1S/C8H16N2O/c1-10-4-5-11-7-8(10)2-3-9-6-8/h9H,2-7H2,1H3/t8-/m1/s1. The number of nitrogens with zero attached hydrogens (tertiary/aromatic N) is 1. The monoisotopic (exact) mass is 156 g/mol. The molecule has 11 heavy (non-hydrogen) atoms. The average Bonchev–Trinajstić information content (AvgIpc) is 2.46. The van der Waals surface area contributed by atoms with E-state index in [4.69, 9.17) is 4.74 Å². The summed E-state index contributed by atoms with van der Waals surface area (Å²) in [4.78, 5) is 2.44. The molecule has 0 aliphatic carbocycles. The zero-order chi connectivity index (χ0) is 7.73. The Morgan fingerprint density at radius 2 is 2.45 bits per heavy atom. The fourth-order valence-corrected chi connectivity index (χ4v) is 1.99. The molecule has 3 nitrogen and oxygen atoms in total. The van der Waals surface area contributed by atoms with E-state index < -0.39 is 0 Å². The summed E-state index contributed by atoms with van der Waals surface area (Å²) in [7, 11) is 2.20. The molecule has 1 spiro atoms. The maximum absolute atomic E-state index is 5.50. The number of likely N-dealkylation sites (N-methyl/N-ethyl adjacent to an activating group) is 1. The van der Waals surface area contributed by atoms with Crippen molar-refractivity contribution in [3.63, 3.8) is 0 Å². The normalized spacial score (nSPS) is 40.1. The molecule has 64 valence electrons. The topological polar surface area (TPSA) is 24.5 Å². The minimum atomic E-state index is 0.332. The number of nitrogens with one attached hydrogen (secondary N) is 1. The van der Waals surface area contributed by atoms with Gasteiger partial charge in [-0.05, 0) is 20.0 Å². The van der Waals surface area contributed by atoms with Crippen LogP contribution in [0.25, 0.3) is 0 Å². The fourth-order valence-electron chi connectivity index (χ4n) is 1.99. The molecule has 1 N–H and O–H groups in total. The molecule has 2 fully saturated rings. The largest absolute Gasteiger partial charge is 0.378 e. The van der Waals surface area contributed by atoms with Crippen LogP contribution in [0.1, 0.15) is 6.42 Å². The lowest BCUT2D eigenvalue weighted by atomic mass is 9.97. The third kappa shape index (κ3) is 1.17. The van der Waals surface area contributed by atoms with Crippen LogP contribution in [0.15, 0.2) is 0 Å². The third-order valence-corrected chi connectivity index (χ3v) is 2.97. The lowest BCUT2D eigenvalue weighted by Crippen LogP contribution is -2.56. The van der Waals surface area contributed by atoms with Crippen LogP contribution >= 0.6 is 0 Å². The molecule has 3 heteroatoms. The Hall–Kier alpha value is -0.120. The molecule has 2 rings (SSSR count). The van der Waals surface area contributed by atoms with Crippen molar-refractivity contribution in [3.05, 3.63) is 0 Å². The molecule has 2 aliphatic heterocycles. The molecule has 2 heterocycles. The van der Waals surface area contributed by atoms with E-state index >= 15 is 0 Å². The average molecular weight is 156 g/mol. The van der Waals surface area contributed by atoms with Crippen molar-refractivity contribution in [1.29, 1.82) is 0 Å². The Morgan fingerprint density at radius 1 is 1.55 bits per heavy atom. The van der Waals surface area contributed by atoms with E-state index in [1.54, 1.807) is 0 Å². The lowest BCUT2D eigenvalue weighted by molar-refractivity contribution is -0.0456. The van der Waals surface area contributed by atoms with Gasteiger partial charge in [0.25, 0.3) is 0 Å². The summed E-state index contributed by atoms with van der Waals surface area (Å²) in [6.45, 7) is 5.15. The molecule has 2 saturated heterocycles. The Bertz CT molecular complexity index is 143. The van der Waals surface area contributed by atoms with Crippen LogP contribution in [0.4, 0.5) is 0 Å². The summed E-state index contributed by atoms with van der Waals surface area (Å²) in [5.74, 6) is 0. The van der Waals surface area contributed by atoms with Gasteiger partial charge in [-0.2, -0.15) is 0 Å². The van der Waals surface area contributed by atoms with Gasteiger partial charge in [0.1, 0.15) is 0 Å². The molecule has 0 saturated carbocycles. The van der Waals surface area contributed by atoms with Crippen LogP contribution in [-0.4, -0.2) is 50.3 Å². The molecule has 0 aromatic rings. The van der Waals surface area contributed by atoms with Gasteiger partial charge >= 0.3 is 0 Å². The van der Waals surface area contributed by atoms with Gasteiger partial charge in [-0.1, -0.05) is 0 Å².